The van der Waals surface area contributed by atoms with Crippen LogP contribution in [0.15, 0.2) is 115 Å². The van der Waals surface area contributed by atoms with E-state index in [-0.39, 0.29) is 5.97 Å². The molecule has 1 N–H and O–H groups in total. The van der Waals surface area contributed by atoms with E-state index in [4.69, 9.17) is 9.47 Å². The number of carbonyl (C=O) groups is 1. The summed E-state index contributed by atoms with van der Waals surface area (Å²) in [7, 11) is 0. The Hall–Kier alpha value is -4.57. The summed E-state index contributed by atoms with van der Waals surface area (Å²) in [6.07, 6.45) is 1.87. The molecule has 0 aliphatic carbocycles. The topological polar surface area (TPSA) is 51.3 Å². The van der Waals surface area contributed by atoms with Crippen LogP contribution in [0, 0.1) is 0 Å². The fourth-order valence-electron chi connectivity index (χ4n) is 4.23. The average molecular weight is 474 g/mol. The van der Waals surface area contributed by atoms with Gasteiger partial charge in [0, 0.05) is 11.8 Å². The normalized spacial score (nSPS) is 10.7. The van der Waals surface area contributed by atoms with E-state index < -0.39 is 0 Å². The number of esters is 1. The number of hydrogen-bond donors (Lipinski definition) is 1. The van der Waals surface area contributed by atoms with Gasteiger partial charge in [0.05, 0.1) is 17.9 Å². The van der Waals surface area contributed by atoms with Crippen molar-refractivity contribution < 1.29 is 14.3 Å². The molecule has 0 amide bonds. The summed E-state index contributed by atoms with van der Waals surface area (Å²) in [5.74, 6) is 0.501. The fraction of sp³-hybridized carbons (Fsp3) is 0.0938. The Morgan fingerprint density at radius 1 is 0.694 bits per heavy atom. The van der Waals surface area contributed by atoms with Gasteiger partial charge >= 0.3 is 5.97 Å². The molecule has 0 spiro atoms. The van der Waals surface area contributed by atoms with E-state index in [0.29, 0.717) is 18.8 Å². The van der Waals surface area contributed by atoms with Gasteiger partial charge in [-0.1, -0.05) is 97.1 Å². The van der Waals surface area contributed by atoms with Crippen LogP contribution in [0.4, 0.5) is 0 Å². The lowest BCUT2D eigenvalue weighted by Crippen LogP contribution is -2.06. The van der Waals surface area contributed by atoms with Crippen LogP contribution in [0.1, 0.15) is 22.8 Å². The molecule has 0 saturated carbocycles. The molecule has 0 aliphatic heterocycles. The van der Waals surface area contributed by atoms with Crippen molar-refractivity contribution in [3.8, 4) is 39.3 Å². The van der Waals surface area contributed by atoms with Crippen molar-refractivity contribution >= 4 is 5.97 Å². The van der Waals surface area contributed by atoms with Gasteiger partial charge in [0.25, 0.3) is 0 Å². The Morgan fingerprint density at radius 2 is 1.28 bits per heavy atom. The lowest BCUT2D eigenvalue weighted by atomic mass is 9.98. The van der Waals surface area contributed by atoms with Gasteiger partial charge < -0.3 is 14.5 Å². The van der Waals surface area contributed by atoms with E-state index in [1.54, 1.807) is 0 Å². The van der Waals surface area contributed by atoms with E-state index in [0.717, 1.165) is 44.8 Å². The van der Waals surface area contributed by atoms with E-state index in [2.05, 4.69) is 41.4 Å². The second-order valence-electron chi connectivity index (χ2n) is 8.41. The molecule has 36 heavy (non-hydrogen) atoms. The van der Waals surface area contributed by atoms with Crippen LogP contribution in [-0.4, -0.2) is 17.6 Å². The molecule has 0 unspecified atom stereocenters. The van der Waals surface area contributed by atoms with E-state index in [1.165, 1.54) is 0 Å². The van der Waals surface area contributed by atoms with Gasteiger partial charge in [-0.2, -0.15) is 0 Å². The molecular formula is C32H27NO3. The van der Waals surface area contributed by atoms with Gasteiger partial charge in [0.15, 0.2) is 0 Å². The smallest absolute Gasteiger partial charge is 0.340 e. The Balaban J connectivity index is 1.37. The second-order valence-corrected chi connectivity index (χ2v) is 8.41. The van der Waals surface area contributed by atoms with Crippen molar-refractivity contribution in [2.24, 2.45) is 0 Å². The molecule has 0 radical (unpaired) electrons. The minimum Gasteiger partial charge on any atom is -0.489 e. The van der Waals surface area contributed by atoms with Gasteiger partial charge in [0.1, 0.15) is 12.4 Å². The Kier molecular flexibility index (Phi) is 6.95. The van der Waals surface area contributed by atoms with E-state index >= 15 is 0 Å². The minimum atomic E-state index is -0.331. The third-order valence-electron chi connectivity index (χ3n) is 6.05. The molecule has 5 aromatic rings. The molecule has 4 aromatic carbocycles. The van der Waals surface area contributed by atoms with Gasteiger partial charge in [-0.3, -0.25) is 0 Å². The summed E-state index contributed by atoms with van der Waals surface area (Å²) >= 11 is 0. The zero-order valence-corrected chi connectivity index (χ0v) is 20.1. The van der Waals surface area contributed by atoms with Crippen LogP contribution < -0.4 is 4.74 Å². The highest BCUT2D eigenvalue weighted by atomic mass is 16.5. The number of benzene rings is 4. The third kappa shape index (κ3) is 5.08. The number of rotatable bonds is 8. The highest BCUT2D eigenvalue weighted by molar-refractivity contribution is 6.03. The summed E-state index contributed by atoms with van der Waals surface area (Å²) in [6, 6.07) is 36.3. The van der Waals surface area contributed by atoms with Crippen LogP contribution >= 0.6 is 0 Å². The molecule has 0 aliphatic rings. The Morgan fingerprint density at radius 3 is 1.92 bits per heavy atom. The average Bonchev–Trinajstić information content (AvgIpc) is 3.39. The number of aromatic nitrogens is 1. The third-order valence-corrected chi connectivity index (χ3v) is 6.05. The molecule has 5 rings (SSSR count). The fourth-order valence-corrected chi connectivity index (χ4v) is 4.23. The Labute approximate surface area is 211 Å². The molecule has 0 saturated heterocycles. The zero-order chi connectivity index (χ0) is 24.7. The first-order chi connectivity index (χ1) is 17.7. The number of carbonyl (C=O) groups excluding carboxylic acids is 1. The highest BCUT2D eigenvalue weighted by Crippen LogP contribution is 2.34. The van der Waals surface area contributed by atoms with E-state index in [1.807, 2.05) is 85.9 Å². The molecule has 0 atom stereocenters. The number of hydrogen-bond acceptors (Lipinski definition) is 3. The summed E-state index contributed by atoms with van der Waals surface area (Å²) in [4.78, 5) is 16.2. The van der Waals surface area contributed by atoms with Crippen LogP contribution in [-0.2, 0) is 11.3 Å². The first-order valence-electron chi connectivity index (χ1n) is 12.0. The van der Waals surface area contributed by atoms with Gasteiger partial charge in [-0.05, 0) is 46.9 Å². The van der Waals surface area contributed by atoms with Crippen molar-refractivity contribution in [3.63, 3.8) is 0 Å². The predicted octanol–water partition coefficient (Wildman–Crippen LogP) is 7.77. The molecule has 1 heterocycles. The van der Waals surface area contributed by atoms with Crippen molar-refractivity contribution in [2.75, 3.05) is 6.61 Å². The van der Waals surface area contributed by atoms with Crippen molar-refractivity contribution in [1.82, 2.24) is 4.98 Å². The predicted molar refractivity (Wildman–Crippen MR) is 144 cm³/mol. The molecule has 4 heteroatoms. The second kappa shape index (κ2) is 10.8. The molecule has 0 fully saturated rings. The van der Waals surface area contributed by atoms with Crippen LogP contribution in [0.2, 0.25) is 0 Å². The largest absolute Gasteiger partial charge is 0.489 e. The maximum Gasteiger partial charge on any atom is 0.340 e. The number of ether oxygens (including phenoxy) is 2. The van der Waals surface area contributed by atoms with Gasteiger partial charge in [0.2, 0.25) is 0 Å². The Bertz CT molecular complexity index is 1420. The standard InChI is InChI=1S/C32H27NO3/c1-2-35-32(34)30-29(26-11-7-4-8-12-26)21-33-31(30)27-15-13-24(14-16-27)25-17-19-28(20-18-25)36-22-23-9-5-3-6-10-23/h3-21,33H,2,22H2,1H3. The highest BCUT2D eigenvalue weighted by Gasteiger charge is 2.22. The monoisotopic (exact) mass is 473 g/mol. The first-order valence-corrected chi connectivity index (χ1v) is 12.0. The molecule has 1 aromatic heterocycles. The first kappa shape index (κ1) is 23.2. The quantitative estimate of drug-likeness (QED) is 0.234. The van der Waals surface area contributed by atoms with Gasteiger partial charge in [-0.25, -0.2) is 4.79 Å². The zero-order valence-electron chi connectivity index (χ0n) is 20.1. The van der Waals surface area contributed by atoms with Gasteiger partial charge in [-0.15, -0.1) is 0 Å². The summed E-state index contributed by atoms with van der Waals surface area (Å²) < 4.78 is 11.3. The number of H-pyrrole nitrogens is 1. The maximum absolute atomic E-state index is 12.9. The number of nitrogens with one attached hydrogen (secondary N) is 1. The lowest BCUT2D eigenvalue weighted by molar-refractivity contribution is 0.0528. The van der Waals surface area contributed by atoms with Crippen LogP contribution in [0.25, 0.3) is 33.5 Å². The van der Waals surface area contributed by atoms with E-state index in [9.17, 15) is 4.79 Å². The van der Waals surface area contributed by atoms with Crippen LogP contribution in [0.5, 0.6) is 5.75 Å². The van der Waals surface area contributed by atoms with Crippen molar-refractivity contribution in [1.29, 1.82) is 0 Å². The van der Waals surface area contributed by atoms with Crippen molar-refractivity contribution in [3.05, 3.63) is 127 Å². The minimum absolute atomic E-state index is 0.321. The molecular weight excluding hydrogens is 446 g/mol. The summed E-state index contributed by atoms with van der Waals surface area (Å²) in [6.45, 7) is 2.68. The maximum atomic E-state index is 12.9. The molecule has 178 valence electrons. The van der Waals surface area contributed by atoms with Crippen LogP contribution in [0.3, 0.4) is 0 Å². The summed E-state index contributed by atoms with van der Waals surface area (Å²) in [5, 5.41) is 0. The molecule has 4 nitrogen and oxygen atoms in total. The summed E-state index contributed by atoms with van der Waals surface area (Å²) in [5.41, 5.74) is 7.34. The SMILES string of the molecule is CCOC(=O)c1c(-c2ccccc2)c[nH]c1-c1ccc(-c2ccc(OCc3ccccc3)cc2)cc1. The number of aromatic amines is 1. The molecule has 0 bridgehead atoms. The van der Waals surface area contributed by atoms with Crippen molar-refractivity contribution in [2.45, 2.75) is 13.5 Å². The lowest BCUT2D eigenvalue weighted by Gasteiger charge is -2.10.